The first-order valence-electron chi connectivity index (χ1n) is 5.95. The Morgan fingerprint density at radius 2 is 1.56 bits per heavy atom. The van der Waals surface area contributed by atoms with Gasteiger partial charge in [-0.2, -0.15) is 0 Å². The molecule has 3 nitrogen and oxygen atoms in total. The van der Waals surface area contributed by atoms with Gasteiger partial charge in [0.15, 0.2) is 0 Å². The predicted octanol–water partition coefficient (Wildman–Crippen LogP) is -1.56. The molecule has 18 heavy (non-hydrogen) atoms. The van der Waals surface area contributed by atoms with Crippen LogP contribution in [0.5, 0.6) is 0 Å². The second-order valence-electron chi connectivity index (χ2n) is 5.46. The fourth-order valence-corrected chi connectivity index (χ4v) is 1.33. The van der Waals surface area contributed by atoms with Crippen LogP contribution in [-0.4, -0.2) is 62.9 Å². The van der Waals surface area contributed by atoms with Crippen molar-refractivity contribution >= 4 is 0 Å². The first-order chi connectivity index (χ1) is 7.85. The molecule has 1 rings (SSSR count). The van der Waals surface area contributed by atoms with Crippen LogP contribution in [0.15, 0.2) is 30.3 Å². The fraction of sp³-hybridized carbons (Fsp3) is 0.571. The first-order valence-corrected chi connectivity index (χ1v) is 5.95. The second kappa shape index (κ2) is 10.3. The predicted molar refractivity (Wildman–Crippen MR) is 73.8 cm³/mol. The van der Waals surface area contributed by atoms with Crippen LogP contribution >= 0.6 is 0 Å². The third kappa shape index (κ3) is 13.5. The number of quaternary nitrogens is 1. The largest absolute Gasteiger partial charge is 1.00 e. The molecule has 0 atom stereocenters. The van der Waals surface area contributed by atoms with Crippen LogP contribution in [0.1, 0.15) is 5.56 Å². The number of benzene rings is 1. The monoisotopic (exact) mass is 274 g/mol. The van der Waals surface area contributed by atoms with Crippen molar-refractivity contribution in [2.24, 2.45) is 0 Å². The van der Waals surface area contributed by atoms with Crippen LogP contribution in [0, 0.1) is 0 Å². The van der Waals surface area contributed by atoms with Gasteiger partial charge in [0.2, 0.25) is 0 Å². The molecule has 1 aromatic rings. The molecule has 0 aliphatic rings. The summed E-state index contributed by atoms with van der Waals surface area (Å²) >= 11 is 0. The molecule has 0 spiro atoms. The van der Waals surface area contributed by atoms with E-state index in [1.165, 1.54) is 5.56 Å². The second-order valence-corrected chi connectivity index (χ2v) is 5.46. The van der Waals surface area contributed by atoms with E-state index in [9.17, 15) is 0 Å². The van der Waals surface area contributed by atoms with Gasteiger partial charge in [-0.3, -0.25) is 0 Å². The van der Waals surface area contributed by atoms with Crippen LogP contribution in [-0.2, 0) is 6.54 Å². The van der Waals surface area contributed by atoms with Crippen molar-refractivity contribution in [3.8, 4) is 0 Å². The minimum atomic E-state index is 0. The van der Waals surface area contributed by atoms with E-state index < -0.39 is 0 Å². The molecule has 1 N–H and O–H groups in total. The minimum absolute atomic E-state index is 0. The molecular formula is C14H27ClN2O. The fourth-order valence-electron chi connectivity index (χ4n) is 1.33. The number of aliphatic hydroxyl groups is 1. The molecule has 0 aliphatic carbocycles. The Morgan fingerprint density at radius 3 is 1.83 bits per heavy atom. The van der Waals surface area contributed by atoms with Crippen molar-refractivity contribution in [1.29, 1.82) is 0 Å². The lowest BCUT2D eigenvalue weighted by atomic mass is 10.2. The lowest BCUT2D eigenvalue weighted by Gasteiger charge is -2.23. The third-order valence-corrected chi connectivity index (χ3v) is 2.05. The average molecular weight is 275 g/mol. The standard InChI is InChI=1S/C10H16N.C4H11NO.ClH/c1-11(2,3)9-10-7-5-4-6-8-10;1-5(2)3-4-6;/h4-8H,9H2,1-3H3;6H,3-4H2,1-2H3;1H/q+1;;/p-1. The molecule has 0 unspecified atom stereocenters. The summed E-state index contributed by atoms with van der Waals surface area (Å²) in [5.41, 5.74) is 1.40. The average Bonchev–Trinajstić information content (AvgIpc) is 2.17. The molecule has 0 bridgehead atoms. The molecule has 0 fully saturated rings. The van der Waals surface area contributed by atoms with E-state index in [0.29, 0.717) is 0 Å². The number of hydrogen-bond donors (Lipinski definition) is 1. The molecule has 0 saturated heterocycles. The molecular weight excluding hydrogens is 248 g/mol. The van der Waals surface area contributed by atoms with E-state index in [0.717, 1.165) is 17.6 Å². The summed E-state index contributed by atoms with van der Waals surface area (Å²) in [5.74, 6) is 0. The smallest absolute Gasteiger partial charge is 0.104 e. The molecule has 106 valence electrons. The molecule has 0 saturated carbocycles. The van der Waals surface area contributed by atoms with Crippen molar-refractivity contribution in [3.05, 3.63) is 35.9 Å². The lowest BCUT2D eigenvalue weighted by Crippen LogP contribution is -3.00. The van der Waals surface area contributed by atoms with Crippen molar-refractivity contribution in [1.82, 2.24) is 4.90 Å². The highest BCUT2D eigenvalue weighted by Crippen LogP contribution is 2.05. The maximum Gasteiger partial charge on any atom is 0.104 e. The quantitative estimate of drug-likeness (QED) is 0.672. The van der Waals surface area contributed by atoms with E-state index in [1.807, 2.05) is 19.0 Å². The summed E-state index contributed by atoms with van der Waals surface area (Å²) in [6.07, 6.45) is 0. The van der Waals surface area contributed by atoms with Crippen LogP contribution in [0.2, 0.25) is 0 Å². The highest BCUT2D eigenvalue weighted by atomic mass is 35.5. The normalized spacial score (nSPS) is 10.4. The molecule has 0 aliphatic heterocycles. The summed E-state index contributed by atoms with van der Waals surface area (Å²) in [6, 6.07) is 10.6. The number of aliphatic hydroxyl groups excluding tert-OH is 1. The van der Waals surface area contributed by atoms with Crippen LogP contribution in [0.4, 0.5) is 0 Å². The van der Waals surface area contributed by atoms with E-state index in [4.69, 9.17) is 5.11 Å². The SMILES string of the molecule is CN(C)CCO.C[N+](C)(C)Cc1ccccc1.[Cl-]. The molecule has 0 amide bonds. The topological polar surface area (TPSA) is 23.5 Å². The van der Waals surface area contributed by atoms with Gasteiger partial charge in [0.05, 0.1) is 27.7 Å². The number of nitrogens with zero attached hydrogens (tertiary/aromatic N) is 2. The summed E-state index contributed by atoms with van der Waals surface area (Å²) in [6.45, 7) is 2.12. The maximum absolute atomic E-state index is 8.20. The highest BCUT2D eigenvalue weighted by Gasteiger charge is 2.06. The van der Waals surface area contributed by atoms with Gasteiger partial charge in [0.1, 0.15) is 6.54 Å². The Labute approximate surface area is 118 Å². The zero-order valence-electron chi connectivity index (χ0n) is 12.2. The third-order valence-electron chi connectivity index (χ3n) is 2.05. The Balaban J connectivity index is 0. The van der Waals surface area contributed by atoms with Gasteiger partial charge in [-0.15, -0.1) is 0 Å². The Morgan fingerprint density at radius 1 is 1.06 bits per heavy atom. The summed E-state index contributed by atoms with van der Waals surface area (Å²) in [5, 5.41) is 8.20. The van der Waals surface area contributed by atoms with Gasteiger partial charge in [-0.05, 0) is 14.1 Å². The Hall–Kier alpha value is -0.610. The van der Waals surface area contributed by atoms with E-state index >= 15 is 0 Å². The molecule has 4 heteroatoms. The van der Waals surface area contributed by atoms with Crippen LogP contribution in [0.3, 0.4) is 0 Å². The molecule has 1 aromatic carbocycles. The first kappa shape index (κ1) is 19.7. The lowest BCUT2D eigenvalue weighted by molar-refractivity contribution is -0.884. The number of rotatable bonds is 4. The Bertz CT molecular complexity index is 284. The van der Waals surface area contributed by atoms with E-state index in [1.54, 1.807) is 0 Å². The molecule has 0 aromatic heterocycles. The zero-order chi connectivity index (χ0) is 13.3. The van der Waals surface area contributed by atoms with Gasteiger partial charge < -0.3 is 26.9 Å². The van der Waals surface area contributed by atoms with Gasteiger partial charge in [0, 0.05) is 12.1 Å². The minimum Gasteiger partial charge on any atom is -1.00 e. The number of halogens is 1. The molecule has 0 radical (unpaired) electrons. The summed E-state index contributed by atoms with van der Waals surface area (Å²) < 4.78 is 0.990. The van der Waals surface area contributed by atoms with Gasteiger partial charge >= 0.3 is 0 Å². The van der Waals surface area contributed by atoms with Crippen LogP contribution in [0.25, 0.3) is 0 Å². The summed E-state index contributed by atoms with van der Waals surface area (Å²) in [7, 11) is 10.5. The van der Waals surface area contributed by atoms with Gasteiger partial charge in [0.25, 0.3) is 0 Å². The van der Waals surface area contributed by atoms with Crippen LogP contribution < -0.4 is 12.4 Å². The maximum atomic E-state index is 8.20. The van der Waals surface area contributed by atoms with Crippen molar-refractivity contribution in [2.75, 3.05) is 48.4 Å². The molecule has 0 heterocycles. The number of hydrogen-bond acceptors (Lipinski definition) is 2. The Kier molecular flexibility index (Phi) is 11.3. The zero-order valence-corrected chi connectivity index (χ0v) is 13.0. The van der Waals surface area contributed by atoms with Gasteiger partial charge in [-0.1, -0.05) is 30.3 Å². The van der Waals surface area contributed by atoms with E-state index in [2.05, 4.69) is 51.5 Å². The van der Waals surface area contributed by atoms with Crippen molar-refractivity contribution < 1.29 is 22.0 Å². The van der Waals surface area contributed by atoms with Crippen molar-refractivity contribution in [3.63, 3.8) is 0 Å². The van der Waals surface area contributed by atoms with E-state index in [-0.39, 0.29) is 19.0 Å². The highest BCUT2D eigenvalue weighted by molar-refractivity contribution is 5.13. The van der Waals surface area contributed by atoms with Crippen molar-refractivity contribution in [2.45, 2.75) is 6.54 Å². The number of likely N-dealkylation sites (N-methyl/N-ethyl adjacent to an activating group) is 1. The summed E-state index contributed by atoms with van der Waals surface area (Å²) in [4.78, 5) is 1.93. The van der Waals surface area contributed by atoms with Gasteiger partial charge in [-0.25, -0.2) is 0 Å².